The van der Waals surface area contributed by atoms with E-state index in [1.807, 2.05) is 36.4 Å². The molecule has 1 aromatic rings. The van der Waals surface area contributed by atoms with Gasteiger partial charge in [0.05, 0.1) is 12.5 Å². The number of carbonyl (C=O) groups excluding carboxylic acids is 1. The lowest BCUT2D eigenvalue weighted by Gasteiger charge is -1.89. The van der Waals surface area contributed by atoms with Crippen molar-refractivity contribution in [2.24, 2.45) is 11.8 Å². The van der Waals surface area contributed by atoms with E-state index in [4.69, 9.17) is 0 Å². The van der Waals surface area contributed by atoms with E-state index in [1.54, 1.807) is 0 Å². The molecule has 0 unspecified atom stereocenters. The smallest absolute Gasteiger partial charge is 0.309 e. The highest BCUT2D eigenvalue weighted by Crippen LogP contribution is 2.44. The minimum Gasteiger partial charge on any atom is -0.465 e. The molecule has 1 saturated carbocycles. The van der Waals surface area contributed by atoms with Gasteiger partial charge in [-0.2, -0.15) is 0 Å². The Hall–Kier alpha value is -1.31. The van der Waals surface area contributed by atoms with E-state index < -0.39 is 0 Å². The molecule has 0 bridgehead atoms. The Balaban J connectivity index is 0.000000102. The quantitative estimate of drug-likeness (QED) is 0.564. The lowest BCUT2D eigenvalue weighted by atomic mass is 10.4. The Morgan fingerprint density at radius 2 is 1.62 bits per heavy atom. The molecule has 2 atom stereocenters. The van der Waals surface area contributed by atoms with E-state index in [0.717, 1.165) is 6.42 Å². The zero-order valence-electron chi connectivity index (χ0n) is 7.35. The summed E-state index contributed by atoms with van der Waals surface area (Å²) in [7, 11) is 0. The zero-order valence-corrected chi connectivity index (χ0v) is 7.35. The third-order valence-electron chi connectivity index (χ3n) is 2.33. The fraction of sp³-hybridized carbons (Fsp3) is 0.364. The van der Waals surface area contributed by atoms with Crippen molar-refractivity contribution in [2.45, 2.75) is 6.42 Å². The van der Waals surface area contributed by atoms with Crippen LogP contribution >= 0.6 is 0 Å². The molecular formula is C11H12O2. The lowest BCUT2D eigenvalue weighted by Crippen LogP contribution is -1.97. The monoisotopic (exact) mass is 176 g/mol. The van der Waals surface area contributed by atoms with E-state index >= 15 is 0 Å². The maximum Gasteiger partial charge on any atom is 0.309 e. The van der Waals surface area contributed by atoms with Crippen molar-refractivity contribution in [1.82, 2.24) is 0 Å². The summed E-state index contributed by atoms with van der Waals surface area (Å²) in [6.07, 6.45) is 1.10. The maximum atomic E-state index is 10.4. The SMILES string of the molecule is O=C1OC[C@@H]2C[C@H]12.c1ccccc1. The number of esters is 1. The Morgan fingerprint density at radius 3 is 1.77 bits per heavy atom. The third kappa shape index (κ3) is 2.08. The molecule has 2 nitrogen and oxygen atoms in total. The molecule has 2 heteroatoms. The topological polar surface area (TPSA) is 26.3 Å². The molecule has 1 heterocycles. The predicted octanol–water partition coefficient (Wildman–Crippen LogP) is 1.87. The van der Waals surface area contributed by atoms with Crippen molar-refractivity contribution < 1.29 is 9.53 Å². The van der Waals surface area contributed by atoms with Crippen LogP contribution in [0.2, 0.25) is 0 Å². The summed E-state index contributed by atoms with van der Waals surface area (Å²) in [4.78, 5) is 10.4. The Labute approximate surface area is 77.5 Å². The molecule has 0 amide bonds. The predicted molar refractivity (Wildman–Crippen MR) is 49.0 cm³/mol. The second kappa shape index (κ2) is 3.60. The van der Waals surface area contributed by atoms with Crippen molar-refractivity contribution in [3.8, 4) is 0 Å². The average molecular weight is 176 g/mol. The van der Waals surface area contributed by atoms with Crippen LogP contribution in [-0.2, 0) is 9.53 Å². The van der Waals surface area contributed by atoms with Gasteiger partial charge in [-0.3, -0.25) is 4.79 Å². The standard InChI is InChI=1S/C6H6.C5H6O2/c1-2-4-6-5-3-1;6-5-4-1-3(4)2-7-5/h1-6H;3-4H,1-2H2/t;3-,4-/m.0/s1. The fourth-order valence-electron chi connectivity index (χ4n) is 1.40. The average Bonchev–Trinajstić information content (AvgIpc) is 2.91. The van der Waals surface area contributed by atoms with Crippen molar-refractivity contribution in [3.05, 3.63) is 36.4 Å². The highest BCUT2D eigenvalue weighted by atomic mass is 16.5. The van der Waals surface area contributed by atoms with Gasteiger partial charge in [-0.1, -0.05) is 36.4 Å². The second-order valence-corrected chi connectivity index (χ2v) is 3.39. The van der Waals surface area contributed by atoms with Gasteiger partial charge in [0, 0.05) is 5.92 Å². The normalized spacial score (nSPS) is 28.2. The first kappa shape index (κ1) is 8.30. The van der Waals surface area contributed by atoms with Crippen LogP contribution < -0.4 is 0 Å². The van der Waals surface area contributed by atoms with Crippen LogP contribution in [0.1, 0.15) is 6.42 Å². The van der Waals surface area contributed by atoms with Crippen LogP contribution in [0.3, 0.4) is 0 Å². The molecule has 0 N–H and O–H groups in total. The van der Waals surface area contributed by atoms with Gasteiger partial charge in [-0.05, 0) is 6.42 Å². The molecule has 1 aliphatic heterocycles. The summed E-state index contributed by atoms with van der Waals surface area (Å²) in [6.45, 7) is 0.698. The van der Waals surface area contributed by atoms with Gasteiger partial charge >= 0.3 is 5.97 Å². The van der Waals surface area contributed by atoms with Gasteiger partial charge in [-0.25, -0.2) is 0 Å². The van der Waals surface area contributed by atoms with E-state index in [9.17, 15) is 4.79 Å². The summed E-state index contributed by atoms with van der Waals surface area (Å²) in [5, 5.41) is 0. The number of hydrogen-bond donors (Lipinski definition) is 0. The minimum atomic E-state index is 0.0324. The van der Waals surface area contributed by atoms with Gasteiger partial charge < -0.3 is 4.74 Å². The van der Waals surface area contributed by atoms with E-state index in [-0.39, 0.29) is 5.97 Å². The van der Waals surface area contributed by atoms with E-state index in [0.29, 0.717) is 18.4 Å². The number of benzene rings is 1. The van der Waals surface area contributed by atoms with Crippen LogP contribution in [0, 0.1) is 11.8 Å². The summed E-state index contributed by atoms with van der Waals surface area (Å²) in [6, 6.07) is 12.0. The number of fused-ring (bicyclic) bond motifs is 1. The first-order valence-electron chi connectivity index (χ1n) is 4.54. The third-order valence-corrected chi connectivity index (χ3v) is 2.33. The fourth-order valence-corrected chi connectivity index (χ4v) is 1.40. The van der Waals surface area contributed by atoms with Crippen LogP contribution in [0.25, 0.3) is 0 Å². The van der Waals surface area contributed by atoms with Gasteiger partial charge in [0.15, 0.2) is 0 Å². The maximum absolute atomic E-state index is 10.4. The number of rotatable bonds is 0. The highest BCUT2D eigenvalue weighted by Gasteiger charge is 2.50. The largest absolute Gasteiger partial charge is 0.465 e. The molecule has 1 aliphatic carbocycles. The molecule has 1 saturated heterocycles. The van der Waals surface area contributed by atoms with Gasteiger partial charge in [0.2, 0.25) is 0 Å². The van der Waals surface area contributed by atoms with E-state index in [1.165, 1.54) is 0 Å². The Bertz CT molecular complexity index is 255. The summed E-state index contributed by atoms with van der Waals surface area (Å²) in [5.74, 6) is 0.970. The lowest BCUT2D eigenvalue weighted by molar-refractivity contribution is -0.140. The molecule has 0 aromatic heterocycles. The van der Waals surface area contributed by atoms with Crippen molar-refractivity contribution in [3.63, 3.8) is 0 Å². The van der Waals surface area contributed by atoms with Crippen molar-refractivity contribution in [1.29, 1.82) is 0 Å². The van der Waals surface area contributed by atoms with Crippen molar-refractivity contribution in [2.75, 3.05) is 6.61 Å². The number of ether oxygens (including phenoxy) is 1. The van der Waals surface area contributed by atoms with Crippen LogP contribution in [0.15, 0.2) is 36.4 Å². The minimum absolute atomic E-state index is 0.0324. The van der Waals surface area contributed by atoms with Gasteiger partial charge in [0.25, 0.3) is 0 Å². The Morgan fingerprint density at radius 1 is 1.08 bits per heavy atom. The molecule has 3 rings (SSSR count). The molecule has 13 heavy (non-hydrogen) atoms. The molecule has 1 aromatic carbocycles. The molecule has 0 spiro atoms. The molecule has 2 aliphatic rings. The summed E-state index contributed by atoms with van der Waals surface area (Å²) >= 11 is 0. The first-order valence-corrected chi connectivity index (χ1v) is 4.54. The first-order chi connectivity index (χ1) is 6.38. The van der Waals surface area contributed by atoms with Crippen molar-refractivity contribution >= 4 is 5.97 Å². The van der Waals surface area contributed by atoms with Crippen LogP contribution in [0.4, 0.5) is 0 Å². The number of hydrogen-bond acceptors (Lipinski definition) is 2. The summed E-state index contributed by atoms with van der Waals surface area (Å²) in [5.41, 5.74) is 0. The van der Waals surface area contributed by atoms with Gasteiger partial charge in [0.1, 0.15) is 0 Å². The Kier molecular flexibility index (Phi) is 2.30. The molecule has 68 valence electrons. The number of cyclic esters (lactones) is 1. The molecule has 2 fully saturated rings. The molecular weight excluding hydrogens is 164 g/mol. The second-order valence-electron chi connectivity index (χ2n) is 3.39. The van der Waals surface area contributed by atoms with E-state index in [2.05, 4.69) is 4.74 Å². The van der Waals surface area contributed by atoms with Crippen LogP contribution in [-0.4, -0.2) is 12.6 Å². The highest BCUT2D eigenvalue weighted by molar-refractivity contribution is 5.78. The van der Waals surface area contributed by atoms with Gasteiger partial charge in [-0.15, -0.1) is 0 Å². The summed E-state index contributed by atoms with van der Waals surface area (Å²) < 4.78 is 4.68. The van der Waals surface area contributed by atoms with Crippen LogP contribution in [0.5, 0.6) is 0 Å². The molecule has 0 radical (unpaired) electrons. The number of carbonyl (C=O) groups is 1. The zero-order chi connectivity index (χ0) is 9.10.